The van der Waals surface area contributed by atoms with Crippen molar-refractivity contribution in [2.24, 2.45) is 0 Å². The Bertz CT molecular complexity index is 769. The Balaban J connectivity index is 2.38. The predicted octanol–water partition coefficient (Wildman–Crippen LogP) is 4.66. The molecule has 8 heteroatoms. The molecule has 0 saturated heterocycles. The quantitative estimate of drug-likeness (QED) is 0.741. The van der Waals surface area contributed by atoms with E-state index in [0.717, 1.165) is 17.7 Å². The summed E-state index contributed by atoms with van der Waals surface area (Å²) in [5.41, 5.74) is 0.423. The molecule has 0 spiro atoms. The van der Waals surface area contributed by atoms with Crippen molar-refractivity contribution >= 4 is 21.7 Å². The van der Waals surface area contributed by atoms with Gasteiger partial charge in [-0.05, 0) is 36.8 Å². The summed E-state index contributed by atoms with van der Waals surface area (Å²) in [4.78, 5) is -0.341. The maximum absolute atomic E-state index is 13.2. The number of rotatable bonds is 4. The van der Waals surface area contributed by atoms with Gasteiger partial charge in [-0.3, -0.25) is 0 Å². The van der Waals surface area contributed by atoms with Crippen molar-refractivity contribution in [3.63, 3.8) is 0 Å². The fraction of sp³-hybridized carbons (Fsp3) is 0.200. The van der Waals surface area contributed by atoms with Gasteiger partial charge in [0.2, 0.25) is 0 Å². The largest absolute Gasteiger partial charge is 0.420 e. The lowest BCUT2D eigenvalue weighted by Gasteiger charge is -2.20. The van der Waals surface area contributed by atoms with Gasteiger partial charge in [-0.1, -0.05) is 41.4 Å². The van der Waals surface area contributed by atoms with Crippen LogP contribution >= 0.6 is 11.6 Å². The Morgan fingerprint density at radius 1 is 1.00 bits per heavy atom. The van der Waals surface area contributed by atoms with Crippen LogP contribution in [0.2, 0.25) is 5.02 Å². The first-order valence-electron chi connectivity index (χ1n) is 6.42. The van der Waals surface area contributed by atoms with Crippen molar-refractivity contribution in [1.82, 2.24) is 0 Å². The van der Waals surface area contributed by atoms with Crippen LogP contribution in [0.25, 0.3) is 0 Å². The zero-order chi connectivity index (χ0) is 17.3. The molecule has 0 saturated carbocycles. The maximum atomic E-state index is 13.2. The van der Waals surface area contributed by atoms with Crippen LogP contribution in [0.3, 0.4) is 0 Å². The van der Waals surface area contributed by atoms with Crippen molar-refractivity contribution in [1.29, 1.82) is 0 Å². The number of benzene rings is 2. The van der Waals surface area contributed by atoms with E-state index in [-0.39, 0.29) is 15.5 Å². The molecule has 1 atom stereocenters. The molecular weight excluding hydrogens is 353 g/mol. The van der Waals surface area contributed by atoms with Crippen LogP contribution in [0.5, 0.6) is 0 Å². The number of hydrogen-bond donors (Lipinski definition) is 0. The van der Waals surface area contributed by atoms with Crippen LogP contribution in [-0.4, -0.2) is 14.6 Å². The molecule has 0 heterocycles. The molecule has 0 aliphatic rings. The van der Waals surface area contributed by atoms with Gasteiger partial charge in [0, 0.05) is 5.02 Å². The molecular formula is C15H12ClF3O3S. The Morgan fingerprint density at radius 2 is 1.52 bits per heavy atom. The van der Waals surface area contributed by atoms with Crippen molar-refractivity contribution in [3.8, 4) is 0 Å². The van der Waals surface area contributed by atoms with E-state index >= 15 is 0 Å². The summed E-state index contributed by atoms with van der Waals surface area (Å²) in [5.74, 6) is 0. The summed E-state index contributed by atoms with van der Waals surface area (Å²) >= 11 is 5.63. The van der Waals surface area contributed by atoms with Crippen LogP contribution in [0.1, 0.15) is 17.2 Å². The van der Waals surface area contributed by atoms with Crippen molar-refractivity contribution < 1.29 is 25.8 Å². The van der Waals surface area contributed by atoms with E-state index < -0.39 is 22.4 Å². The minimum Gasteiger partial charge on any atom is -0.248 e. The molecule has 0 fully saturated rings. The second-order valence-electron chi connectivity index (χ2n) is 4.84. The van der Waals surface area contributed by atoms with Gasteiger partial charge in [-0.2, -0.15) is 21.6 Å². The number of alkyl halides is 3. The van der Waals surface area contributed by atoms with Gasteiger partial charge in [0.25, 0.3) is 10.1 Å². The van der Waals surface area contributed by atoms with E-state index in [9.17, 15) is 21.6 Å². The maximum Gasteiger partial charge on any atom is 0.420 e. The molecule has 124 valence electrons. The zero-order valence-electron chi connectivity index (χ0n) is 11.8. The monoisotopic (exact) mass is 364 g/mol. The molecule has 0 bridgehead atoms. The molecule has 2 aromatic carbocycles. The first kappa shape index (κ1) is 17.8. The lowest BCUT2D eigenvalue weighted by molar-refractivity contribution is -0.196. The normalized spacial score (nSPS) is 13.8. The van der Waals surface area contributed by atoms with Crippen LogP contribution in [0.15, 0.2) is 53.4 Å². The highest BCUT2D eigenvalue weighted by Gasteiger charge is 2.45. The van der Waals surface area contributed by atoms with Gasteiger partial charge in [-0.25, -0.2) is 4.18 Å². The number of aryl methyl sites for hydroxylation is 1. The molecule has 3 nitrogen and oxygen atoms in total. The topological polar surface area (TPSA) is 43.4 Å². The molecule has 0 unspecified atom stereocenters. The molecule has 2 rings (SSSR count). The van der Waals surface area contributed by atoms with E-state index in [0.29, 0.717) is 0 Å². The van der Waals surface area contributed by atoms with Gasteiger partial charge in [-0.15, -0.1) is 0 Å². The molecule has 23 heavy (non-hydrogen) atoms. The van der Waals surface area contributed by atoms with Crippen molar-refractivity contribution in [2.45, 2.75) is 24.1 Å². The smallest absolute Gasteiger partial charge is 0.248 e. The predicted molar refractivity (Wildman–Crippen MR) is 79.7 cm³/mol. The summed E-state index contributed by atoms with van der Waals surface area (Å²) in [6, 6.07) is 9.95. The standard InChI is InChI=1S/C15H12ClF3O3S/c1-10-2-8-13(9-3-10)23(20,21)22-14(15(17,18)19)11-4-6-12(16)7-5-11/h2-9,14H,1H3/t14-/m0/s1. The Labute approximate surface area is 136 Å². The van der Waals surface area contributed by atoms with Crippen LogP contribution in [-0.2, 0) is 14.3 Å². The highest BCUT2D eigenvalue weighted by atomic mass is 35.5. The van der Waals surface area contributed by atoms with Gasteiger partial charge in [0.15, 0.2) is 6.10 Å². The molecule has 0 amide bonds. The summed E-state index contributed by atoms with van der Waals surface area (Å²) < 4.78 is 68.2. The van der Waals surface area contributed by atoms with Crippen LogP contribution in [0.4, 0.5) is 13.2 Å². The van der Waals surface area contributed by atoms with E-state index in [1.165, 1.54) is 36.4 Å². The second kappa shape index (κ2) is 6.51. The third-order valence-electron chi connectivity index (χ3n) is 3.00. The summed E-state index contributed by atoms with van der Waals surface area (Å²) in [7, 11) is -4.57. The highest BCUT2D eigenvalue weighted by molar-refractivity contribution is 7.86. The number of hydrogen-bond acceptors (Lipinski definition) is 3. The van der Waals surface area contributed by atoms with Gasteiger partial charge >= 0.3 is 6.18 Å². The third kappa shape index (κ3) is 4.46. The average Bonchev–Trinajstić information content (AvgIpc) is 2.45. The third-order valence-corrected chi connectivity index (χ3v) is 4.55. The van der Waals surface area contributed by atoms with Crippen LogP contribution in [0, 0.1) is 6.92 Å². The fourth-order valence-corrected chi connectivity index (χ4v) is 3.00. The molecule has 2 aromatic rings. The van der Waals surface area contributed by atoms with E-state index in [4.69, 9.17) is 11.6 Å². The van der Waals surface area contributed by atoms with Gasteiger partial charge in [0.1, 0.15) is 0 Å². The zero-order valence-corrected chi connectivity index (χ0v) is 13.4. The average molecular weight is 365 g/mol. The highest BCUT2D eigenvalue weighted by Crippen LogP contribution is 2.38. The molecule has 0 N–H and O–H groups in total. The van der Waals surface area contributed by atoms with Crippen molar-refractivity contribution in [2.75, 3.05) is 0 Å². The Morgan fingerprint density at radius 3 is 2.00 bits per heavy atom. The molecule has 0 aliphatic carbocycles. The number of halogens is 4. The van der Waals surface area contributed by atoms with E-state index in [2.05, 4.69) is 4.18 Å². The second-order valence-corrected chi connectivity index (χ2v) is 6.85. The molecule has 0 aliphatic heterocycles. The van der Waals surface area contributed by atoms with Gasteiger partial charge < -0.3 is 0 Å². The first-order chi connectivity index (χ1) is 10.6. The Hall–Kier alpha value is -1.57. The summed E-state index contributed by atoms with van der Waals surface area (Å²) in [6.07, 6.45) is -7.50. The first-order valence-corrected chi connectivity index (χ1v) is 8.20. The van der Waals surface area contributed by atoms with Crippen molar-refractivity contribution in [3.05, 3.63) is 64.7 Å². The SMILES string of the molecule is Cc1ccc(S(=O)(=O)O[C@@H](c2ccc(Cl)cc2)C(F)(F)F)cc1. The Kier molecular flexibility index (Phi) is 5.03. The summed E-state index contributed by atoms with van der Waals surface area (Å²) in [6.45, 7) is 1.73. The molecule has 0 aromatic heterocycles. The molecule has 0 radical (unpaired) electrons. The minimum atomic E-state index is -4.90. The van der Waals surface area contributed by atoms with E-state index in [1.807, 2.05) is 0 Å². The van der Waals surface area contributed by atoms with Gasteiger partial charge in [0.05, 0.1) is 4.90 Å². The van der Waals surface area contributed by atoms with Crippen LogP contribution < -0.4 is 0 Å². The lowest BCUT2D eigenvalue weighted by Crippen LogP contribution is -2.26. The fourth-order valence-electron chi connectivity index (χ4n) is 1.82. The minimum absolute atomic E-state index is 0.232. The van der Waals surface area contributed by atoms with E-state index in [1.54, 1.807) is 6.92 Å². The lowest BCUT2D eigenvalue weighted by atomic mass is 10.1. The summed E-state index contributed by atoms with van der Waals surface area (Å²) in [5, 5.41) is 0.232.